The second kappa shape index (κ2) is 8.52. The number of benzene rings is 2. The van der Waals surface area contributed by atoms with Crippen molar-refractivity contribution in [1.82, 2.24) is 15.1 Å². The molecule has 2 aromatic carbocycles. The van der Waals surface area contributed by atoms with Gasteiger partial charge in [-0.25, -0.2) is 0 Å². The lowest BCUT2D eigenvalue weighted by Gasteiger charge is -2.36. The van der Waals surface area contributed by atoms with Crippen molar-refractivity contribution in [3.63, 3.8) is 0 Å². The van der Waals surface area contributed by atoms with E-state index in [4.69, 9.17) is 0 Å². The van der Waals surface area contributed by atoms with Crippen LogP contribution in [-0.4, -0.2) is 59.7 Å². The van der Waals surface area contributed by atoms with E-state index in [1.54, 1.807) is 16.2 Å². The molecular formula is C26H26N4O3S. The number of hydrogen-bond donors (Lipinski definition) is 1. The molecule has 2 saturated heterocycles. The van der Waals surface area contributed by atoms with Gasteiger partial charge in [-0.3, -0.25) is 24.6 Å². The summed E-state index contributed by atoms with van der Waals surface area (Å²) < 4.78 is 1.32. The predicted molar refractivity (Wildman–Crippen MR) is 132 cm³/mol. The third-order valence-electron chi connectivity index (χ3n) is 7.26. The maximum atomic E-state index is 13.1. The van der Waals surface area contributed by atoms with Crippen molar-refractivity contribution in [2.45, 2.75) is 32.0 Å². The smallest absolute Gasteiger partial charge is 0.255 e. The Labute approximate surface area is 201 Å². The third kappa shape index (κ3) is 3.67. The summed E-state index contributed by atoms with van der Waals surface area (Å²) in [7, 11) is 0. The van der Waals surface area contributed by atoms with Gasteiger partial charge in [0.2, 0.25) is 11.8 Å². The van der Waals surface area contributed by atoms with Gasteiger partial charge in [-0.1, -0.05) is 18.2 Å². The largest absolute Gasteiger partial charge is 0.368 e. The number of amides is 3. The number of imide groups is 1. The molecule has 1 unspecified atom stereocenters. The summed E-state index contributed by atoms with van der Waals surface area (Å²) in [5.41, 5.74) is 4.16. The molecular weight excluding hydrogens is 448 g/mol. The van der Waals surface area contributed by atoms with Gasteiger partial charge in [0.25, 0.3) is 5.91 Å². The Morgan fingerprint density at radius 2 is 1.79 bits per heavy atom. The fraction of sp³-hybridized carbons (Fsp3) is 0.346. The van der Waals surface area contributed by atoms with E-state index in [-0.39, 0.29) is 24.1 Å². The Hall–Kier alpha value is -3.23. The van der Waals surface area contributed by atoms with Crippen molar-refractivity contribution >= 4 is 44.8 Å². The van der Waals surface area contributed by atoms with Crippen molar-refractivity contribution in [3.8, 4) is 0 Å². The molecule has 34 heavy (non-hydrogen) atoms. The van der Waals surface area contributed by atoms with Gasteiger partial charge in [-0.05, 0) is 47.2 Å². The number of hydrogen-bond acceptors (Lipinski definition) is 6. The zero-order chi connectivity index (χ0) is 23.2. The Balaban J connectivity index is 1.15. The van der Waals surface area contributed by atoms with Gasteiger partial charge in [-0.2, -0.15) is 0 Å². The van der Waals surface area contributed by atoms with Gasteiger partial charge in [0.15, 0.2) is 0 Å². The summed E-state index contributed by atoms with van der Waals surface area (Å²) in [5, 5.41) is 5.86. The van der Waals surface area contributed by atoms with Gasteiger partial charge in [0.1, 0.15) is 6.04 Å². The maximum absolute atomic E-state index is 13.1. The fourth-order valence-corrected chi connectivity index (χ4v) is 6.25. The first-order chi connectivity index (χ1) is 16.6. The number of rotatable bonds is 4. The van der Waals surface area contributed by atoms with Gasteiger partial charge in [0.05, 0.1) is 0 Å². The third-order valence-corrected chi connectivity index (χ3v) is 8.14. The highest BCUT2D eigenvalue weighted by molar-refractivity contribution is 7.17. The summed E-state index contributed by atoms with van der Waals surface area (Å²) in [5.74, 6) is -0.740. The lowest BCUT2D eigenvalue weighted by atomic mass is 10.0. The summed E-state index contributed by atoms with van der Waals surface area (Å²) in [6, 6.07) is 14.0. The first-order valence-electron chi connectivity index (χ1n) is 11.8. The van der Waals surface area contributed by atoms with Crippen LogP contribution in [0.15, 0.2) is 47.8 Å². The van der Waals surface area contributed by atoms with Gasteiger partial charge < -0.3 is 9.80 Å². The van der Waals surface area contributed by atoms with Gasteiger partial charge >= 0.3 is 0 Å². The van der Waals surface area contributed by atoms with Crippen molar-refractivity contribution in [1.29, 1.82) is 0 Å². The molecule has 1 atom stereocenters. The molecule has 3 amide bonds. The molecule has 3 aliphatic heterocycles. The number of carbonyl (C=O) groups is 3. The standard InChI is InChI=1S/C26H26N4O3S/c31-24-8-7-22(25(32)27-24)30-16-20-17(3-1-4-18(20)26(30)33)15-28-10-12-29(13-11-28)21-5-2-6-23-19(21)9-14-34-23/h1-6,9,14,22H,7-8,10-13,15-16H2,(H,27,31,32). The Bertz CT molecular complexity index is 1290. The van der Waals surface area contributed by atoms with Crippen LogP contribution < -0.4 is 10.2 Å². The molecule has 0 saturated carbocycles. The number of fused-ring (bicyclic) bond motifs is 2. The van der Waals surface area contributed by atoms with Crippen LogP contribution in [0.2, 0.25) is 0 Å². The molecule has 1 aromatic heterocycles. The van der Waals surface area contributed by atoms with Crippen LogP contribution in [0.25, 0.3) is 10.1 Å². The molecule has 7 nitrogen and oxygen atoms in total. The molecule has 0 bridgehead atoms. The quantitative estimate of drug-likeness (QED) is 0.589. The SMILES string of the molecule is O=C1CCC(N2Cc3c(CN4CCN(c5cccc6sccc56)CC4)cccc3C2=O)C(=O)N1. The first-order valence-corrected chi connectivity index (χ1v) is 12.7. The van der Waals surface area contributed by atoms with Gasteiger partial charge in [-0.15, -0.1) is 11.3 Å². The topological polar surface area (TPSA) is 73.0 Å². The highest BCUT2D eigenvalue weighted by Crippen LogP contribution is 2.33. The molecule has 0 spiro atoms. The van der Waals surface area contributed by atoms with Crippen LogP contribution >= 0.6 is 11.3 Å². The molecule has 3 aromatic rings. The van der Waals surface area contributed by atoms with Crippen LogP contribution in [0.3, 0.4) is 0 Å². The Kier molecular flexibility index (Phi) is 5.34. The molecule has 8 heteroatoms. The number of piperidine rings is 1. The fourth-order valence-electron chi connectivity index (χ4n) is 5.44. The number of anilines is 1. The van der Waals surface area contributed by atoms with E-state index in [0.717, 1.165) is 43.9 Å². The number of carbonyl (C=O) groups excluding carboxylic acids is 3. The lowest BCUT2D eigenvalue weighted by molar-refractivity contribution is -0.136. The highest BCUT2D eigenvalue weighted by Gasteiger charge is 2.39. The molecule has 0 aliphatic carbocycles. The zero-order valence-electron chi connectivity index (χ0n) is 18.8. The Morgan fingerprint density at radius 3 is 2.62 bits per heavy atom. The predicted octanol–water partition coefficient (Wildman–Crippen LogP) is 2.98. The van der Waals surface area contributed by atoms with Crippen LogP contribution in [0.1, 0.15) is 34.3 Å². The maximum Gasteiger partial charge on any atom is 0.255 e. The van der Waals surface area contributed by atoms with Crippen molar-refractivity contribution < 1.29 is 14.4 Å². The van der Waals surface area contributed by atoms with Crippen LogP contribution in [0, 0.1) is 0 Å². The summed E-state index contributed by atoms with van der Waals surface area (Å²) in [4.78, 5) is 43.5. The van der Waals surface area contributed by atoms with Gasteiger partial charge in [0, 0.05) is 67.0 Å². The average molecular weight is 475 g/mol. The van der Waals surface area contributed by atoms with Crippen molar-refractivity contribution in [3.05, 3.63) is 64.5 Å². The minimum Gasteiger partial charge on any atom is -0.368 e. The van der Waals surface area contributed by atoms with E-state index in [1.165, 1.54) is 15.8 Å². The zero-order valence-corrected chi connectivity index (χ0v) is 19.6. The summed E-state index contributed by atoms with van der Waals surface area (Å²) in [6.45, 7) is 5.05. The highest BCUT2D eigenvalue weighted by atomic mass is 32.1. The van der Waals surface area contributed by atoms with E-state index in [2.05, 4.69) is 50.8 Å². The minimum atomic E-state index is -0.575. The average Bonchev–Trinajstić information content (AvgIpc) is 3.45. The van der Waals surface area contributed by atoms with Crippen molar-refractivity contribution in [2.75, 3.05) is 31.1 Å². The van der Waals surface area contributed by atoms with Crippen LogP contribution in [-0.2, 0) is 22.7 Å². The molecule has 3 aliphatic rings. The van der Waals surface area contributed by atoms with Crippen LogP contribution in [0.5, 0.6) is 0 Å². The van der Waals surface area contributed by atoms with E-state index >= 15 is 0 Å². The molecule has 4 heterocycles. The second-order valence-electron chi connectivity index (χ2n) is 9.22. The van der Waals surface area contributed by atoms with Crippen LogP contribution in [0.4, 0.5) is 5.69 Å². The molecule has 6 rings (SSSR count). The Morgan fingerprint density at radius 1 is 0.971 bits per heavy atom. The monoisotopic (exact) mass is 474 g/mol. The van der Waals surface area contributed by atoms with E-state index in [0.29, 0.717) is 18.5 Å². The second-order valence-corrected chi connectivity index (χ2v) is 10.2. The molecule has 1 N–H and O–H groups in total. The molecule has 2 fully saturated rings. The summed E-state index contributed by atoms with van der Waals surface area (Å²) in [6.07, 6.45) is 0.658. The molecule has 174 valence electrons. The number of piperazine rings is 1. The first kappa shape index (κ1) is 21.3. The number of thiophene rings is 1. The number of nitrogens with one attached hydrogen (secondary N) is 1. The number of nitrogens with zero attached hydrogens (tertiary/aromatic N) is 3. The summed E-state index contributed by atoms with van der Waals surface area (Å²) >= 11 is 1.78. The van der Waals surface area contributed by atoms with E-state index < -0.39 is 6.04 Å². The normalized spacial score (nSPS) is 21.3. The van der Waals surface area contributed by atoms with E-state index in [1.807, 2.05) is 12.1 Å². The molecule has 0 radical (unpaired) electrons. The van der Waals surface area contributed by atoms with E-state index in [9.17, 15) is 14.4 Å². The minimum absolute atomic E-state index is 0.111. The lowest BCUT2D eigenvalue weighted by Crippen LogP contribution is -2.52. The van der Waals surface area contributed by atoms with Crippen molar-refractivity contribution in [2.24, 2.45) is 0 Å².